The van der Waals surface area contributed by atoms with Crippen LogP contribution in [0, 0.1) is 6.92 Å². The van der Waals surface area contributed by atoms with E-state index >= 15 is 0 Å². The Morgan fingerprint density at radius 2 is 2.00 bits per heavy atom. The zero-order valence-corrected chi connectivity index (χ0v) is 8.05. The number of furan rings is 1. The van der Waals surface area contributed by atoms with Crippen molar-refractivity contribution in [3.63, 3.8) is 0 Å². The molecule has 0 amide bonds. The van der Waals surface area contributed by atoms with Crippen LogP contribution in [0.25, 0.3) is 6.08 Å². The molecule has 0 aliphatic rings. The Bertz CT molecular complexity index is 262. The number of aryl methyl sites for hydroxylation is 1. The highest BCUT2D eigenvalue weighted by molar-refractivity contribution is 5.47. The molecule has 1 heteroatoms. The Kier molecular flexibility index (Phi) is 3.15. The molecule has 0 N–H and O–H groups in total. The van der Waals surface area contributed by atoms with Crippen molar-refractivity contribution in [2.45, 2.75) is 33.6 Å². The van der Waals surface area contributed by atoms with E-state index in [1.54, 1.807) is 0 Å². The van der Waals surface area contributed by atoms with Crippen molar-refractivity contribution in [3.05, 3.63) is 29.2 Å². The topological polar surface area (TPSA) is 13.1 Å². The Hall–Kier alpha value is -0.980. The van der Waals surface area contributed by atoms with Crippen LogP contribution in [0.4, 0.5) is 0 Å². The van der Waals surface area contributed by atoms with Gasteiger partial charge >= 0.3 is 0 Å². The standard InChI is InChI=1S/C11H16O/c1-4-10(5-2)8-11-7-6-9(3)12-11/h6-8H,4-5H2,1-3H3. The molecule has 1 heterocycles. The minimum absolute atomic E-state index is 0.978. The minimum Gasteiger partial charge on any atom is -0.462 e. The second-order valence-electron chi connectivity index (χ2n) is 2.96. The summed E-state index contributed by atoms with van der Waals surface area (Å²) in [5.74, 6) is 1.96. The van der Waals surface area contributed by atoms with E-state index < -0.39 is 0 Å². The fourth-order valence-electron chi connectivity index (χ4n) is 1.19. The van der Waals surface area contributed by atoms with Crippen LogP contribution in [0.5, 0.6) is 0 Å². The highest BCUT2D eigenvalue weighted by atomic mass is 16.3. The van der Waals surface area contributed by atoms with Crippen LogP contribution in [0.3, 0.4) is 0 Å². The van der Waals surface area contributed by atoms with Gasteiger partial charge in [0.2, 0.25) is 0 Å². The van der Waals surface area contributed by atoms with Gasteiger partial charge < -0.3 is 4.42 Å². The van der Waals surface area contributed by atoms with E-state index in [-0.39, 0.29) is 0 Å². The van der Waals surface area contributed by atoms with Gasteiger partial charge in [-0.25, -0.2) is 0 Å². The largest absolute Gasteiger partial charge is 0.462 e. The monoisotopic (exact) mass is 164 g/mol. The van der Waals surface area contributed by atoms with E-state index in [9.17, 15) is 0 Å². The summed E-state index contributed by atoms with van der Waals surface area (Å²) in [5.41, 5.74) is 1.43. The van der Waals surface area contributed by atoms with E-state index in [0.717, 1.165) is 24.4 Å². The first-order chi connectivity index (χ1) is 5.76. The van der Waals surface area contributed by atoms with Gasteiger partial charge in [0.25, 0.3) is 0 Å². The number of allylic oxidation sites excluding steroid dienone is 1. The van der Waals surface area contributed by atoms with Crippen molar-refractivity contribution in [1.82, 2.24) is 0 Å². The minimum atomic E-state index is 0.978. The van der Waals surface area contributed by atoms with Crippen LogP contribution in [-0.4, -0.2) is 0 Å². The maximum absolute atomic E-state index is 5.44. The average Bonchev–Trinajstić information content (AvgIpc) is 2.47. The molecule has 12 heavy (non-hydrogen) atoms. The van der Waals surface area contributed by atoms with Gasteiger partial charge in [0.15, 0.2) is 0 Å². The van der Waals surface area contributed by atoms with E-state index in [1.807, 2.05) is 19.1 Å². The molecule has 0 atom stereocenters. The van der Waals surface area contributed by atoms with Crippen molar-refractivity contribution in [2.75, 3.05) is 0 Å². The van der Waals surface area contributed by atoms with E-state index in [1.165, 1.54) is 5.57 Å². The lowest BCUT2D eigenvalue weighted by atomic mass is 10.1. The molecule has 1 rings (SSSR count). The first-order valence-electron chi connectivity index (χ1n) is 4.52. The van der Waals surface area contributed by atoms with Crippen LogP contribution >= 0.6 is 0 Å². The Balaban J connectivity index is 2.78. The average molecular weight is 164 g/mol. The summed E-state index contributed by atoms with van der Waals surface area (Å²) < 4.78 is 5.44. The first kappa shape index (κ1) is 9.11. The van der Waals surface area contributed by atoms with E-state index in [0.29, 0.717) is 0 Å². The maximum atomic E-state index is 5.44. The predicted molar refractivity (Wildman–Crippen MR) is 52.0 cm³/mol. The molecule has 1 nitrogen and oxygen atoms in total. The zero-order valence-electron chi connectivity index (χ0n) is 8.05. The number of hydrogen-bond donors (Lipinski definition) is 0. The van der Waals surface area contributed by atoms with Crippen LogP contribution in [-0.2, 0) is 0 Å². The van der Waals surface area contributed by atoms with E-state index in [4.69, 9.17) is 4.42 Å². The molecule has 0 radical (unpaired) electrons. The quantitative estimate of drug-likeness (QED) is 0.662. The molecule has 0 aliphatic heterocycles. The molecule has 0 aromatic carbocycles. The summed E-state index contributed by atoms with van der Waals surface area (Å²) in [6.45, 7) is 6.31. The van der Waals surface area contributed by atoms with Crippen molar-refractivity contribution in [1.29, 1.82) is 0 Å². The molecule has 0 saturated heterocycles. The Morgan fingerprint density at radius 1 is 1.33 bits per heavy atom. The van der Waals surface area contributed by atoms with Crippen molar-refractivity contribution >= 4 is 6.08 Å². The van der Waals surface area contributed by atoms with Gasteiger partial charge in [0, 0.05) is 0 Å². The lowest BCUT2D eigenvalue weighted by molar-refractivity contribution is 0.524. The molecule has 1 aromatic heterocycles. The van der Waals surface area contributed by atoms with Crippen LogP contribution in [0.2, 0.25) is 0 Å². The summed E-state index contributed by atoms with van der Waals surface area (Å²) in [6.07, 6.45) is 4.35. The third-order valence-electron chi connectivity index (χ3n) is 2.02. The summed E-state index contributed by atoms with van der Waals surface area (Å²) in [6, 6.07) is 4.01. The molecule has 0 fully saturated rings. The zero-order chi connectivity index (χ0) is 8.97. The molecule has 0 aliphatic carbocycles. The third kappa shape index (κ3) is 2.26. The molecule has 0 spiro atoms. The van der Waals surface area contributed by atoms with E-state index in [2.05, 4.69) is 19.9 Å². The Morgan fingerprint density at radius 3 is 2.42 bits per heavy atom. The first-order valence-corrected chi connectivity index (χ1v) is 4.52. The second kappa shape index (κ2) is 4.15. The second-order valence-corrected chi connectivity index (χ2v) is 2.96. The summed E-state index contributed by atoms with van der Waals surface area (Å²) >= 11 is 0. The smallest absolute Gasteiger partial charge is 0.126 e. The van der Waals surface area contributed by atoms with Crippen molar-refractivity contribution in [2.24, 2.45) is 0 Å². The van der Waals surface area contributed by atoms with Crippen molar-refractivity contribution < 1.29 is 4.42 Å². The van der Waals surface area contributed by atoms with Gasteiger partial charge in [-0.05, 0) is 38.0 Å². The molecule has 0 saturated carbocycles. The van der Waals surface area contributed by atoms with Gasteiger partial charge in [-0.15, -0.1) is 0 Å². The van der Waals surface area contributed by atoms with Gasteiger partial charge in [-0.1, -0.05) is 19.4 Å². The van der Waals surface area contributed by atoms with Crippen molar-refractivity contribution in [3.8, 4) is 0 Å². The van der Waals surface area contributed by atoms with Gasteiger partial charge in [0.05, 0.1) is 0 Å². The molecule has 1 aromatic rings. The third-order valence-corrected chi connectivity index (χ3v) is 2.02. The number of hydrogen-bond acceptors (Lipinski definition) is 1. The maximum Gasteiger partial charge on any atom is 0.126 e. The van der Waals surface area contributed by atoms with Gasteiger partial charge in [-0.3, -0.25) is 0 Å². The Labute approximate surface area is 74.1 Å². The highest BCUT2D eigenvalue weighted by Gasteiger charge is 1.95. The summed E-state index contributed by atoms with van der Waals surface area (Å²) in [7, 11) is 0. The fourth-order valence-corrected chi connectivity index (χ4v) is 1.19. The van der Waals surface area contributed by atoms with Crippen LogP contribution in [0.15, 0.2) is 22.1 Å². The molecule has 66 valence electrons. The normalized spacial score (nSPS) is 9.92. The predicted octanol–water partition coefficient (Wildman–Crippen LogP) is 3.79. The summed E-state index contributed by atoms with van der Waals surface area (Å²) in [5, 5.41) is 0. The fraction of sp³-hybridized carbons (Fsp3) is 0.455. The molecular formula is C11H16O. The van der Waals surface area contributed by atoms with Gasteiger partial charge in [0.1, 0.15) is 11.5 Å². The van der Waals surface area contributed by atoms with Gasteiger partial charge in [-0.2, -0.15) is 0 Å². The lowest BCUT2D eigenvalue weighted by Crippen LogP contribution is -1.76. The molecular weight excluding hydrogens is 148 g/mol. The van der Waals surface area contributed by atoms with Crippen LogP contribution < -0.4 is 0 Å². The number of rotatable bonds is 3. The lowest BCUT2D eigenvalue weighted by Gasteiger charge is -1.96. The highest BCUT2D eigenvalue weighted by Crippen LogP contribution is 2.14. The van der Waals surface area contributed by atoms with Crippen LogP contribution in [0.1, 0.15) is 38.2 Å². The molecule has 0 unspecified atom stereocenters. The SMILES string of the molecule is CCC(=Cc1ccc(C)o1)CC. The molecule has 0 bridgehead atoms. The summed E-state index contributed by atoms with van der Waals surface area (Å²) in [4.78, 5) is 0.